The van der Waals surface area contributed by atoms with E-state index in [1.165, 1.54) is 76.2 Å². The van der Waals surface area contributed by atoms with Crippen molar-refractivity contribution in [3.63, 3.8) is 0 Å². The molecule has 40 heteroatoms. The number of halogens is 16. The minimum Gasteiger partial charge on any atom is -0.461 e. The van der Waals surface area contributed by atoms with E-state index in [4.69, 9.17) is 56.8 Å². The van der Waals surface area contributed by atoms with Gasteiger partial charge in [-0.05, 0) is 79.1 Å². The molecule has 0 spiro atoms. The van der Waals surface area contributed by atoms with Gasteiger partial charge in [-0.2, -0.15) is 70.2 Å². The second kappa shape index (κ2) is 58.9. The second-order valence-electron chi connectivity index (χ2n) is 37.0. The Morgan fingerprint density at radius 2 is 0.418 bits per heavy atom. The Morgan fingerprint density at radius 1 is 0.246 bits per heavy atom. The molecule has 0 aliphatic rings. The SMILES string of the molecule is C=C(C)C(=O)OCC(CC)(COC(=O)C(F)(F)C(C)(C)C)COC(=O)C(F)(F)C(C)(C)C.C=C(C)C(=O)OCC(CC)(COC(=O)C(F)(F)C(C)C)COC(=O)C(F)(F)C(C)C.C=C(C)C(=O)OCC(CC)(COC(=O)C(F)(F)C(C)CC)COC(=O)C(F)(F)C(C)CC.C=C(C)C(=O)OCC(CC)(COC(=O)C(F)(F)CCCCCCCC)COC(=O)C(F)(F)CCCCCCCC. The maximum absolute atomic E-state index is 14.4. The van der Waals surface area contributed by atoms with Crippen LogP contribution >= 0.6 is 0 Å². The summed E-state index contributed by atoms with van der Waals surface area (Å²) in [5, 5.41) is 0. The Bertz CT molecular complexity index is 3590. The molecule has 0 radical (unpaired) electrons. The monoisotopic (exact) mass is 1970 g/mol. The van der Waals surface area contributed by atoms with Crippen LogP contribution in [0.2, 0.25) is 0 Å². The van der Waals surface area contributed by atoms with Crippen LogP contribution in [0.5, 0.6) is 0 Å². The maximum atomic E-state index is 14.4. The van der Waals surface area contributed by atoms with Gasteiger partial charge in [0, 0.05) is 69.6 Å². The topological polar surface area (TPSA) is 316 Å². The zero-order valence-corrected chi connectivity index (χ0v) is 82.6. The van der Waals surface area contributed by atoms with Crippen molar-refractivity contribution in [2.75, 3.05) is 79.3 Å². The fourth-order valence-electron chi connectivity index (χ4n) is 10.1. The molecule has 24 nitrogen and oxygen atoms in total. The number of rotatable bonds is 60. The molecule has 0 N–H and O–H groups in total. The molecular weight excluding hydrogens is 1820 g/mol. The summed E-state index contributed by atoms with van der Waals surface area (Å²) in [4.78, 5) is 143. The third kappa shape index (κ3) is 44.7. The van der Waals surface area contributed by atoms with Gasteiger partial charge in [-0.3, -0.25) is 0 Å². The van der Waals surface area contributed by atoms with Gasteiger partial charge in [0.05, 0.1) is 21.7 Å². The molecule has 0 saturated heterocycles. The summed E-state index contributed by atoms with van der Waals surface area (Å²) >= 11 is 0. The summed E-state index contributed by atoms with van der Waals surface area (Å²) in [6, 6.07) is 0. The van der Waals surface area contributed by atoms with E-state index in [0.29, 0.717) is 12.8 Å². The summed E-state index contributed by atoms with van der Waals surface area (Å²) in [5.74, 6) is -53.3. The summed E-state index contributed by atoms with van der Waals surface area (Å²) < 4.78 is 285. The van der Waals surface area contributed by atoms with Crippen LogP contribution in [-0.2, 0) is 114 Å². The highest BCUT2D eigenvalue weighted by molar-refractivity contribution is 5.89. The van der Waals surface area contributed by atoms with Crippen LogP contribution in [-0.4, -0.2) is 198 Å². The first-order chi connectivity index (χ1) is 61.0. The third-order valence-electron chi connectivity index (χ3n) is 22.2. The van der Waals surface area contributed by atoms with E-state index in [-0.39, 0.29) is 73.7 Å². The Balaban J connectivity index is -0.000000846. The van der Waals surface area contributed by atoms with Gasteiger partial charge in [-0.25, -0.2) is 57.5 Å². The number of unbranched alkanes of at least 4 members (excludes halogenated alkanes) is 10. The fraction of sp³-hybridized carbons (Fsp3) is 0.787. The molecule has 0 heterocycles. The van der Waals surface area contributed by atoms with Crippen molar-refractivity contribution in [2.45, 2.75) is 342 Å². The fourth-order valence-corrected chi connectivity index (χ4v) is 10.1. The van der Waals surface area contributed by atoms with Crippen molar-refractivity contribution in [3.8, 4) is 0 Å². The van der Waals surface area contributed by atoms with Crippen LogP contribution in [0.15, 0.2) is 48.6 Å². The van der Waals surface area contributed by atoms with Gasteiger partial charge in [0.25, 0.3) is 0 Å². The minimum atomic E-state index is -3.85. The highest BCUT2D eigenvalue weighted by atomic mass is 19.3. The molecule has 2 atom stereocenters. The van der Waals surface area contributed by atoms with Crippen LogP contribution < -0.4 is 0 Å². The molecule has 0 aliphatic heterocycles. The molecule has 0 saturated carbocycles. The predicted octanol–water partition coefficient (Wildman–Crippen LogP) is 22.4. The van der Waals surface area contributed by atoms with Gasteiger partial charge in [-0.15, -0.1) is 0 Å². The van der Waals surface area contributed by atoms with Gasteiger partial charge in [-0.1, -0.05) is 229 Å². The molecule has 2 unspecified atom stereocenters. The molecule has 0 aromatic carbocycles. The predicted molar refractivity (Wildman–Crippen MR) is 465 cm³/mol. The lowest BCUT2D eigenvalue weighted by molar-refractivity contribution is -0.201. The maximum Gasteiger partial charge on any atom is 0.377 e. The third-order valence-corrected chi connectivity index (χ3v) is 22.2. The Hall–Kier alpha value is -8.52. The average Bonchev–Trinajstić information content (AvgIpc) is 0.804. The number of hydrogen-bond acceptors (Lipinski definition) is 24. The van der Waals surface area contributed by atoms with Crippen molar-refractivity contribution >= 4 is 71.6 Å². The molecule has 0 aromatic heterocycles. The lowest BCUT2D eigenvalue weighted by Crippen LogP contribution is -2.48. The van der Waals surface area contributed by atoms with Gasteiger partial charge in [0.1, 0.15) is 79.3 Å². The number of carbonyl (C=O) groups excluding carboxylic acids is 12. The summed E-state index contributed by atoms with van der Waals surface area (Å²) in [6.07, 6.45) is 7.61. The van der Waals surface area contributed by atoms with Crippen molar-refractivity contribution in [2.24, 2.45) is 56.2 Å². The standard InChI is InChI=1S/C30H50F4O6.2C22H34F4O6.C20H30F4O6/c1-6-9-11-13-15-17-19-29(31,32)26(36)39-22-28(8-3,21-38-25(35)24(4)5)23-40-27(37)30(33,34)20-18-16-14-12-10-7-2;1-10-20(11-30-15(27)14(2)3,12-31-16(28)21(23,24)18(4,5)6)13-32-17(29)22(25,26)19(7,8)9;1-8-15(6)21(23,24)18(28)31-12-20(10-3,11-30-17(27)14(4)5)13-32-19(29)22(25,26)16(7)9-2;1-8-18(9-28-15(25)12(2)3,10-29-16(26)19(21,22)13(4)5)11-30-17(27)20(23,24)14(6)7/h4,6-23H2,1-3,5H3;2,10-13H2,1,3-9H3;15-16H,4,8-13H2,1-3,5-7H3;13-14H,2,8-11H2,1,3-7H3. The lowest BCUT2D eigenvalue weighted by Gasteiger charge is -2.34. The van der Waals surface area contributed by atoms with E-state index < -0.39 is 267 Å². The Kier molecular flexibility index (Phi) is 57.9. The highest BCUT2D eigenvalue weighted by Crippen LogP contribution is 2.42. The number of ether oxygens (including phenoxy) is 12. The minimum absolute atomic E-state index is 0.000829. The van der Waals surface area contributed by atoms with Crippen LogP contribution in [0.3, 0.4) is 0 Å². The zero-order valence-electron chi connectivity index (χ0n) is 82.6. The van der Waals surface area contributed by atoms with Gasteiger partial charge in [0.2, 0.25) is 0 Å². The van der Waals surface area contributed by atoms with E-state index in [1.807, 2.05) is 13.8 Å². The number of carbonyl (C=O) groups is 12. The van der Waals surface area contributed by atoms with Crippen LogP contribution in [0.4, 0.5) is 70.2 Å². The molecule has 0 fully saturated rings. The van der Waals surface area contributed by atoms with E-state index in [1.54, 1.807) is 6.92 Å². The van der Waals surface area contributed by atoms with Gasteiger partial charge >= 0.3 is 119 Å². The van der Waals surface area contributed by atoms with Crippen LogP contribution in [0, 0.1) is 56.2 Å². The van der Waals surface area contributed by atoms with E-state index >= 15 is 0 Å². The molecular formula is C94H148F16O24. The number of alkyl halides is 16. The van der Waals surface area contributed by atoms with Gasteiger partial charge in [0.15, 0.2) is 0 Å². The van der Waals surface area contributed by atoms with Crippen molar-refractivity contribution in [3.05, 3.63) is 48.6 Å². The van der Waals surface area contributed by atoms with E-state index in [9.17, 15) is 128 Å². The zero-order chi connectivity index (χ0) is 106. The second-order valence-corrected chi connectivity index (χ2v) is 37.0. The van der Waals surface area contributed by atoms with Crippen molar-refractivity contribution in [1.82, 2.24) is 0 Å². The van der Waals surface area contributed by atoms with Crippen LogP contribution in [0.25, 0.3) is 0 Å². The molecule has 780 valence electrons. The van der Waals surface area contributed by atoms with E-state index in [2.05, 4.69) is 26.3 Å². The average molecular weight is 1970 g/mol. The molecule has 0 aromatic rings. The molecule has 134 heavy (non-hydrogen) atoms. The van der Waals surface area contributed by atoms with Crippen LogP contribution in [0.1, 0.15) is 295 Å². The molecule has 0 rings (SSSR count). The van der Waals surface area contributed by atoms with Crippen molar-refractivity contribution in [1.29, 1.82) is 0 Å². The first-order valence-corrected chi connectivity index (χ1v) is 44.8. The summed E-state index contributed by atoms with van der Waals surface area (Å²) in [5.41, 5.74) is -9.37. The normalized spacial score (nSPS) is 13.4. The molecule has 0 aliphatic carbocycles. The first-order valence-electron chi connectivity index (χ1n) is 44.8. The highest BCUT2D eigenvalue weighted by Gasteiger charge is 2.57. The largest absolute Gasteiger partial charge is 0.461 e. The van der Waals surface area contributed by atoms with Gasteiger partial charge < -0.3 is 56.8 Å². The summed E-state index contributed by atoms with van der Waals surface area (Å²) in [6.45, 7) is 38.0. The Morgan fingerprint density at radius 3 is 0.590 bits per heavy atom. The molecule has 0 amide bonds. The lowest BCUT2D eigenvalue weighted by atomic mass is 9.86. The molecule has 0 bridgehead atoms. The quantitative estimate of drug-likeness (QED) is 0.0179. The summed E-state index contributed by atoms with van der Waals surface area (Å²) in [7, 11) is 0. The van der Waals surface area contributed by atoms with E-state index in [0.717, 1.165) is 121 Å². The first kappa shape index (κ1) is 132. The Labute approximate surface area is 779 Å². The smallest absolute Gasteiger partial charge is 0.377 e. The number of esters is 12. The van der Waals surface area contributed by atoms with Crippen molar-refractivity contribution < 1.29 is 185 Å². The number of hydrogen-bond donors (Lipinski definition) is 0.